The Labute approximate surface area is 130 Å². The van der Waals surface area contributed by atoms with Crippen molar-refractivity contribution in [2.45, 2.75) is 19.6 Å². The van der Waals surface area contributed by atoms with Crippen LogP contribution in [0, 0.1) is 10.1 Å². The lowest BCUT2D eigenvalue weighted by Gasteiger charge is -2.23. The van der Waals surface area contributed by atoms with Crippen LogP contribution >= 0.6 is 0 Å². The highest BCUT2D eigenvalue weighted by molar-refractivity contribution is 5.35. The molecule has 0 aliphatic rings. The Kier molecular flexibility index (Phi) is 5.63. The fraction of sp³-hybridized carbons (Fsp3) is 0.294. The molecule has 116 valence electrons. The van der Waals surface area contributed by atoms with E-state index in [0.717, 1.165) is 13.1 Å². The first kappa shape index (κ1) is 16.1. The predicted octanol–water partition coefficient (Wildman–Crippen LogP) is 3.15. The first-order valence-corrected chi connectivity index (χ1v) is 7.29. The molecule has 0 saturated carbocycles. The van der Waals surface area contributed by atoms with Gasteiger partial charge in [-0.25, -0.2) is 0 Å². The molecule has 0 aromatic heterocycles. The molecule has 1 N–H and O–H groups in total. The van der Waals surface area contributed by atoms with E-state index in [1.807, 2.05) is 37.3 Å². The van der Waals surface area contributed by atoms with Crippen molar-refractivity contribution < 1.29 is 10.0 Å². The third kappa shape index (κ3) is 4.38. The second-order valence-corrected chi connectivity index (χ2v) is 5.18. The van der Waals surface area contributed by atoms with E-state index in [4.69, 9.17) is 0 Å². The summed E-state index contributed by atoms with van der Waals surface area (Å²) in [7, 11) is 0. The number of hydrogen-bond donors (Lipinski definition) is 1. The van der Waals surface area contributed by atoms with Crippen LogP contribution in [0.25, 0.3) is 0 Å². The molecule has 1 unspecified atom stereocenters. The minimum atomic E-state index is -0.747. The van der Waals surface area contributed by atoms with Crippen LogP contribution in [0.2, 0.25) is 0 Å². The topological polar surface area (TPSA) is 66.6 Å². The largest absolute Gasteiger partial charge is 0.387 e. The van der Waals surface area contributed by atoms with Gasteiger partial charge < -0.3 is 5.11 Å². The fourth-order valence-corrected chi connectivity index (χ4v) is 2.34. The van der Waals surface area contributed by atoms with Crippen molar-refractivity contribution in [3.8, 4) is 0 Å². The van der Waals surface area contributed by atoms with Gasteiger partial charge in [-0.2, -0.15) is 0 Å². The molecule has 0 radical (unpaired) electrons. The molecule has 0 aliphatic heterocycles. The maximum absolute atomic E-state index is 10.8. The molecule has 0 bridgehead atoms. The zero-order valence-electron chi connectivity index (χ0n) is 12.6. The summed E-state index contributed by atoms with van der Waals surface area (Å²) in [6.07, 6.45) is -0.747. The summed E-state index contributed by atoms with van der Waals surface area (Å²) in [5, 5.41) is 21.2. The monoisotopic (exact) mass is 300 g/mol. The highest BCUT2D eigenvalue weighted by Crippen LogP contribution is 2.20. The number of likely N-dealkylation sites (N-methyl/N-ethyl adjacent to an activating group) is 1. The van der Waals surface area contributed by atoms with Crippen LogP contribution in [0.1, 0.15) is 24.2 Å². The minimum absolute atomic E-state index is 0.00246. The zero-order valence-corrected chi connectivity index (χ0v) is 12.6. The van der Waals surface area contributed by atoms with E-state index in [0.29, 0.717) is 12.1 Å². The van der Waals surface area contributed by atoms with Gasteiger partial charge in [0.25, 0.3) is 5.69 Å². The van der Waals surface area contributed by atoms with Gasteiger partial charge in [0.2, 0.25) is 0 Å². The first-order valence-electron chi connectivity index (χ1n) is 7.29. The summed E-state index contributed by atoms with van der Waals surface area (Å²) in [5.41, 5.74) is 1.75. The lowest BCUT2D eigenvalue weighted by Crippen LogP contribution is -2.28. The molecule has 0 aliphatic carbocycles. The number of aliphatic hydroxyl groups is 1. The Morgan fingerprint density at radius 3 is 2.55 bits per heavy atom. The molecule has 0 heterocycles. The normalized spacial score (nSPS) is 12.3. The fourth-order valence-electron chi connectivity index (χ4n) is 2.34. The number of non-ortho nitro benzene ring substituents is 1. The van der Waals surface area contributed by atoms with Gasteiger partial charge in [-0.05, 0) is 17.7 Å². The number of hydrogen-bond acceptors (Lipinski definition) is 4. The van der Waals surface area contributed by atoms with Gasteiger partial charge in [0.1, 0.15) is 0 Å². The van der Waals surface area contributed by atoms with Gasteiger partial charge in [-0.3, -0.25) is 15.0 Å². The van der Waals surface area contributed by atoms with Crippen molar-refractivity contribution in [3.63, 3.8) is 0 Å². The van der Waals surface area contributed by atoms with Gasteiger partial charge in [0.05, 0.1) is 11.0 Å². The molecule has 2 aromatic carbocycles. The zero-order chi connectivity index (χ0) is 15.9. The van der Waals surface area contributed by atoms with Gasteiger partial charge in [-0.1, -0.05) is 49.4 Å². The van der Waals surface area contributed by atoms with E-state index in [2.05, 4.69) is 4.90 Å². The molecule has 22 heavy (non-hydrogen) atoms. The van der Waals surface area contributed by atoms with Crippen molar-refractivity contribution in [1.29, 1.82) is 0 Å². The van der Waals surface area contributed by atoms with Crippen molar-refractivity contribution >= 4 is 5.69 Å². The third-order valence-corrected chi connectivity index (χ3v) is 3.59. The van der Waals surface area contributed by atoms with E-state index in [-0.39, 0.29) is 5.69 Å². The quantitative estimate of drug-likeness (QED) is 0.630. The molecular weight excluding hydrogens is 280 g/mol. The van der Waals surface area contributed by atoms with E-state index >= 15 is 0 Å². The number of aliphatic hydroxyl groups excluding tert-OH is 1. The van der Waals surface area contributed by atoms with Crippen LogP contribution < -0.4 is 0 Å². The van der Waals surface area contributed by atoms with Crippen LogP contribution in [0.15, 0.2) is 54.6 Å². The molecule has 0 saturated heterocycles. The lowest BCUT2D eigenvalue weighted by atomic mass is 10.1. The predicted molar refractivity (Wildman–Crippen MR) is 85.4 cm³/mol. The number of rotatable bonds is 7. The number of nitro benzene ring substituents is 1. The molecule has 2 aromatic rings. The summed E-state index contributed by atoms with van der Waals surface area (Å²) < 4.78 is 0. The summed E-state index contributed by atoms with van der Waals surface area (Å²) in [6.45, 7) is 4.00. The molecule has 5 heteroatoms. The maximum Gasteiger partial charge on any atom is 0.269 e. The van der Waals surface area contributed by atoms with Gasteiger partial charge in [0.15, 0.2) is 0 Å². The van der Waals surface area contributed by atoms with Gasteiger partial charge in [-0.15, -0.1) is 0 Å². The van der Waals surface area contributed by atoms with Crippen LogP contribution in [0.5, 0.6) is 0 Å². The molecule has 1 atom stereocenters. The Bertz CT molecular complexity index is 616. The summed E-state index contributed by atoms with van der Waals surface area (Å²) >= 11 is 0. The first-order chi connectivity index (χ1) is 10.6. The SMILES string of the molecule is CCN(Cc1ccccc1)CC(O)c1cccc([N+](=O)[O-])c1. The van der Waals surface area contributed by atoms with E-state index in [9.17, 15) is 15.2 Å². The molecule has 0 spiro atoms. The molecule has 5 nitrogen and oxygen atoms in total. The lowest BCUT2D eigenvalue weighted by molar-refractivity contribution is -0.385. The third-order valence-electron chi connectivity index (χ3n) is 3.59. The standard InChI is InChI=1S/C17H20N2O3/c1-2-18(12-14-7-4-3-5-8-14)13-17(20)15-9-6-10-16(11-15)19(21)22/h3-11,17,20H,2,12-13H2,1H3. The van der Waals surface area contributed by atoms with E-state index in [1.165, 1.54) is 17.7 Å². The Hall–Kier alpha value is -2.24. The highest BCUT2D eigenvalue weighted by atomic mass is 16.6. The molecule has 2 rings (SSSR count). The van der Waals surface area contributed by atoms with Crippen LogP contribution in [0.4, 0.5) is 5.69 Å². The van der Waals surface area contributed by atoms with Crippen molar-refractivity contribution in [1.82, 2.24) is 4.90 Å². The maximum atomic E-state index is 10.8. The second kappa shape index (κ2) is 7.68. The van der Waals surface area contributed by atoms with Gasteiger partial charge in [0, 0.05) is 25.2 Å². The van der Waals surface area contributed by atoms with E-state index in [1.54, 1.807) is 12.1 Å². The molecule has 0 amide bonds. The highest BCUT2D eigenvalue weighted by Gasteiger charge is 2.15. The Balaban J connectivity index is 2.04. The van der Waals surface area contributed by atoms with Crippen molar-refractivity contribution in [3.05, 3.63) is 75.8 Å². The number of nitro groups is 1. The Morgan fingerprint density at radius 1 is 1.18 bits per heavy atom. The summed E-state index contributed by atoms with van der Waals surface area (Å²) in [4.78, 5) is 12.5. The average molecular weight is 300 g/mol. The van der Waals surface area contributed by atoms with E-state index < -0.39 is 11.0 Å². The summed E-state index contributed by atoms with van der Waals surface area (Å²) in [6, 6.07) is 16.2. The number of nitrogens with zero attached hydrogens (tertiary/aromatic N) is 2. The second-order valence-electron chi connectivity index (χ2n) is 5.18. The van der Waals surface area contributed by atoms with Crippen molar-refractivity contribution in [2.24, 2.45) is 0 Å². The van der Waals surface area contributed by atoms with Crippen molar-refractivity contribution in [2.75, 3.05) is 13.1 Å². The molecular formula is C17H20N2O3. The van der Waals surface area contributed by atoms with Gasteiger partial charge >= 0.3 is 0 Å². The smallest absolute Gasteiger partial charge is 0.269 e. The molecule has 0 fully saturated rings. The van der Waals surface area contributed by atoms with Crippen LogP contribution in [0.3, 0.4) is 0 Å². The Morgan fingerprint density at radius 2 is 1.91 bits per heavy atom. The number of benzene rings is 2. The summed E-state index contributed by atoms with van der Waals surface area (Å²) in [5.74, 6) is 0. The van der Waals surface area contributed by atoms with Crippen LogP contribution in [-0.4, -0.2) is 28.0 Å². The van der Waals surface area contributed by atoms with Crippen LogP contribution in [-0.2, 0) is 6.54 Å². The average Bonchev–Trinajstić information content (AvgIpc) is 2.55. The minimum Gasteiger partial charge on any atom is -0.387 e.